The summed E-state index contributed by atoms with van der Waals surface area (Å²) < 4.78 is 2.27. The number of rotatable bonds is 1. The van der Waals surface area contributed by atoms with Gasteiger partial charge < -0.3 is 4.57 Å². The number of aromatic nitrogens is 2. The average molecular weight is 321 g/mol. The lowest BCUT2D eigenvalue weighted by atomic mass is 10.2. The van der Waals surface area contributed by atoms with Crippen LogP contribution < -0.4 is 0 Å². The Morgan fingerprint density at radius 3 is 2.85 bits per heavy atom. The molecule has 1 aromatic heterocycles. The van der Waals surface area contributed by atoms with Gasteiger partial charge >= 0.3 is 0 Å². The van der Waals surface area contributed by atoms with Crippen LogP contribution in [0.25, 0.3) is 11.0 Å². The molecule has 0 fully saturated rings. The van der Waals surface area contributed by atoms with Crippen molar-refractivity contribution in [3.63, 3.8) is 0 Å². The minimum absolute atomic E-state index is 0.169. The van der Waals surface area contributed by atoms with Crippen molar-refractivity contribution in [2.24, 2.45) is 0 Å². The molecule has 1 aliphatic rings. The van der Waals surface area contributed by atoms with E-state index in [2.05, 4.69) is 15.6 Å². The monoisotopic (exact) mass is 320 g/mol. The van der Waals surface area contributed by atoms with Gasteiger partial charge in [0.15, 0.2) is 0 Å². The number of thioether (sulfide) groups is 1. The Kier molecular flexibility index (Phi) is 2.95. The molecule has 1 aliphatic heterocycles. The Bertz CT molecular complexity index is 813. The van der Waals surface area contributed by atoms with E-state index in [9.17, 15) is 0 Å². The molecule has 0 saturated carbocycles. The van der Waals surface area contributed by atoms with Gasteiger partial charge in [-0.05, 0) is 24.3 Å². The van der Waals surface area contributed by atoms with Crippen LogP contribution in [0.2, 0.25) is 10.0 Å². The molecule has 0 unspecified atom stereocenters. The highest BCUT2D eigenvalue weighted by Gasteiger charge is 2.28. The first-order valence-corrected chi connectivity index (χ1v) is 8.07. The van der Waals surface area contributed by atoms with Crippen LogP contribution in [0.3, 0.4) is 0 Å². The molecular weight excluding hydrogens is 311 g/mol. The molecule has 4 rings (SSSR count). The van der Waals surface area contributed by atoms with Gasteiger partial charge in [0.2, 0.25) is 0 Å². The molecule has 0 N–H and O–H groups in total. The second-order valence-electron chi connectivity index (χ2n) is 4.72. The third-order valence-corrected chi connectivity index (χ3v) is 5.27. The highest BCUT2D eigenvalue weighted by Crippen LogP contribution is 2.45. The van der Waals surface area contributed by atoms with Crippen LogP contribution in [0.1, 0.15) is 16.8 Å². The van der Waals surface area contributed by atoms with Crippen molar-refractivity contribution in [1.29, 1.82) is 0 Å². The highest BCUT2D eigenvalue weighted by molar-refractivity contribution is 7.99. The maximum absolute atomic E-state index is 6.36. The van der Waals surface area contributed by atoms with Gasteiger partial charge in [0.25, 0.3) is 0 Å². The third kappa shape index (κ3) is 1.85. The molecular formula is C15H10Cl2N2S. The number of halogens is 2. The van der Waals surface area contributed by atoms with Gasteiger partial charge in [-0.2, -0.15) is 0 Å². The average Bonchev–Trinajstić information content (AvgIpc) is 2.98. The smallest absolute Gasteiger partial charge is 0.121 e. The summed E-state index contributed by atoms with van der Waals surface area (Å²) in [4.78, 5) is 4.69. The van der Waals surface area contributed by atoms with Crippen molar-refractivity contribution in [2.75, 3.05) is 0 Å². The largest absolute Gasteiger partial charge is 0.310 e. The number of imidazole rings is 1. The maximum Gasteiger partial charge on any atom is 0.121 e. The van der Waals surface area contributed by atoms with E-state index in [0.717, 1.165) is 28.2 Å². The zero-order valence-corrected chi connectivity index (χ0v) is 12.7. The van der Waals surface area contributed by atoms with E-state index in [0.29, 0.717) is 10.0 Å². The molecule has 0 radical (unpaired) electrons. The first-order chi connectivity index (χ1) is 9.74. The van der Waals surface area contributed by atoms with Crippen molar-refractivity contribution in [3.05, 3.63) is 63.9 Å². The number of hydrogen-bond acceptors (Lipinski definition) is 2. The predicted molar refractivity (Wildman–Crippen MR) is 85.6 cm³/mol. The molecule has 0 amide bonds. The van der Waals surface area contributed by atoms with Gasteiger partial charge in [-0.15, -0.1) is 11.8 Å². The zero-order valence-electron chi connectivity index (χ0n) is 10.4. The number of fused-ring (bicyclic) bond motifs is 3. The molecule has 5 heteroatoms. The summed E-state index contributed by atoms with van der Waals surface area (Å²) in [7, 11) is 0. The summed E-state index contributed by atoms with van der Waals surface area (Å²) in [5, 5.41) is 1.54. The van der Waals surface area contributed by atoms with Crippen molar-refractivity contribution >= 4 is 46.0 Å². The summed E-state index contributed by atoms with van der Waals surface area (Å²) >= 11 is 14.2. The van der Waals surface area contributed by atoms with E-state index < -0.39 is 0 Å². The quantitative estimate of drug-likeness (QED) is 0.618. The molecule has 20 heavy (non-hydrogen) atoms. The molecule has 100 valence electrons. The molecule has 3 aromatic rings. The third-order valence-electron chi connectivity index (χ3n) is 3.50. The fourth-order valence-electron chi connectivity index (χ4n) is 2.62. The van der Waals surface area contributed by atoms with Gasteiger partial charge in [0.1, 0.15) is 11.2 Å². The van der Waals surface area contributed by atoms with Gasteiger partial charge in [0, 0.05) is 15.6 Å². The van der Waals surface area contributed by atoms with Gasteiger partial charge in [-0.1, -0.05) is 41.4 Å². The zero-order chi connectivity index (χ0) is 13.7. The van der Waals surface area contributed by atoms with Crippen LogP contribution in [0.5, 0.6) is 0 Å². The lowest BCUT2D eigenvalue weighted by Gasteiger charge is -2.15. The molecule has 2 nitrogen and oxygen atoms in total. The molecule has 0 saturated heterocycles. The lowest BCUT2D eigenvalue weighted by molar-refractivity contribution is 0.794. The number of nitrogens with zero attached hydrogens (tertiary/aromatic N) is 2. The van der Waals surface area contributed by atoms with Crippen molar-refractivity contribution in [1.82, 2.24) is 9.55 Å². The fourth-order valence-corrected chi connectivity index (χ4v) is 4.47. The summed E-state index contributed by atoms with van der Waals surface area (Å²) in [5.41, 5.74) is 3.28. The van der Waals surface area contributed by atoms with Crippen LogP contribution in [0, 0.1) is 0 Å². The first kappa shape index (κ1) is 12.6. The van der Waals surface area contributed by atoms with Gasteiger partial charge in [0.05, 0.1) is 16.8 Å². The molecule has 1 atom stereocenters. The summed E-state index contributed by atoms with van der Waals surface area (Å²) in [6.45, 7) is 0. The summed E-state index contributed by atoms with van der Waals surface area (Å²) in [6.07, 6.45) is 0. The van der Waals surface area contributed by atoms with Gasteiger partial charge in [-0.3, -0.25) is 0 Å². The molecule has 0 aliphatic carbocycles. The predicted octanol–water partition coefficient (Wildman–Crippen LogP) is 5.14. The molecule has 0 bridgehead atoms. The molecule has 2 aromatic carbocycles. The number of benzene rings is 2. The van der Waals surface area contributed by atoms with E-state index >= 15 is 0 Å². The van der Waals surface area contributed by atoms with Crippen LogP contribution in [0.15, 0.2) is 42.5 Å². The Balaban J connectivity index is 1.91. The van der Waals surface area contributed by atoms with E-state index in [4.69, 9.17) is 23.2 Å². The summed E-state index contributed by atoms with van der Waals surface area (Å²) in [6, 6.07) is 13.9. The van der Waals surface area contributed by atoms with Crippen LogP contribution >= 0.6 is 35.0 Å². The van der Waals surface area contributed by atoms with Gasteiger partial charge in [-0.25, -0.2) is 4.98 Å². The number of para-hydroxylation sites is 2. The maximum atomic E-state index is 6.36. The van der Waals surface area contributed by atoms with Crippen LogP contribution in [-0.4, -0.2) is 9.55 Å². The molecule has 0 spiro atoms. The van der Waals surface area contributed by atoms with Crippen molar-refractivity contribution in [2.45, 2.75) is 11.1 Å². The van der Waals surface area contributed by atoms with Crippen LogP contribution in [0.4, 0.5) is 0 Å². The van der Waals surface area contributed by atoms with E-state index in [-0.39, 0.29) is 5.37 Å². The topological polar surface area (TPSA) is 17.8 Å². The Morgan fingerprint density at radius 2 is 2.00 bits per heavy atom. The normalized spacial score (nSPS) is 17.6. The standard InChI is InChI=1S/C15H10Cl2N2S/c16-9-5-6-10(11(17)7-9)15-19-13-4-2-1-3-12(13)18-14(19)8-20-15/h1-7,15H,8H2/t15-/m1/s1. The Labute approximate surface area is 130 Å². The highest BCUT2D eigenvalue weighted by atomic mass is 35.5. The van der Waals surface area contributed by atoms with Crippen molar-refractivity contribution in [3.8, 4) is 0 Å². The first-order valence-electron chi connectivity index (χ1n) is 6.26. The van der Waals surface area contributed by atoms with Crippen molar-refractivity contribution < 1.29 is 0 Å². The lowest BCUT2D eigenvalue weighted by Crippen LogP contribution is -2.03. The Morgan fingerprint density at radius 1 is 1.15 bits per heavy atom. The van der Waals surface area contributed by atoms with E-state index in [1.54, 1.807) is 6.07 Å². The second-order valence-corrected chi connectivity index (χ2v) is 6.63. The fraction of sp³-hybridized carbons (Fsp3) is 0.133. The van der Waals surface area contributed by atoms with E-state index in [1.807, 2.05) is 42.1 Å². The Hall–Kier alpha value is -1.16. The minimum atomic E-state index is 0.169. The summed E-state index contributed by atoms with van der Waals surface area (Å²) in [5.74, 6) is 2.00. The van der Waals surface area contributed by atoms with Crippen LogP contribution in [-0.2, 0) is 5.75 Å². The SMILES string of the molecule is Clc1ccc([C@H]2SCc3nc4ccccc4n32)c(Cl)c1. The number of hydrogen-bond donors (Lipinski definition) is 0. The molecule has 2 heterocycles. The second kappa shape index (κ2) is 4.69. The van der Waals surface area contributed by atoms with E-state index in [1.165, 1.54) is 0 Å². The minimum Gasteiger partial charge on any atom is -0.310 e.